The van der Waals surface area contributed by atoms with Crippen molar-refractivity contribution >= 4 is 0 Å². The van der Waals surface area contributed by atoms with Crippen LogP contribution in [-0.2, 0) is 6.54 Å². The fraction of sp³-hybridized carbons (Fsp3) is 0.333. The summed E-state index contributed by atoms with van der Waals surface area (Å²) in [5, 5.41) is 4.11. The van der Waals surface area contributed by atoms with Crippen molar-refractivity contribution in [3.8, 4) is 11.4 Å². The van der Waals surface area contributed by atoms with Crippen molar-refractivity contribution < 1.29 is 8.91 Å². The number of halogens is 1. The van der Waals surface area contributed by atoms with Crippen LogP contribution in [0.25, 0.3) is 11.4 Å². The highest BCUT2D eigenvalue weighted by atomic mass is 19.1. The van der Waals surface area contributed by atoms with Crippen molar-refractivity contribution in [2.45, 2.75) is 19.5 Å². The highest BCUT2D eigenvalue weighted by molar-refractivity contribution is 5.55. The molecular weight excluding hydrogens is 357 g/mol. The van der Waals surface area contributed by atoms with Gasteiger partial charge in [0.2, 0.25) is 11.7 Å². The van der Waals surface area contributed by atoms with Gasteiger partial charge in [0.15, 0.2) is 0 Å². The molecule has 1 aliphatic rings. The SMILES string of the molecule is Cc1cccc(-c2noc(CN(C)CC3CNNC3c3ccc(F)cc3)n2)c1. The number of aromatic nitrogens is 2. The van der Waals surface area contributed by atoms with Crippen LogP contribution >= 0.6 is 0 Å². The molecule has 146 valence electrons. The molecule has 1 aliphatic heterocycles. The van der Waals surface area contributed by atoms with Crippen molar-refractivity contribution in [3.63, 3.8) is 0 Å². The lowest BCUT2D eigenvalue weighted by Crippen LogP contribution is -2.30. The maximum absolute atomic E-state index is 13.2. The number of hydrazine groups is 1. The van der Waals surface area contributed by atoms with Crippen LogP contribution in [0.1, 0.15) is 23.1 Å². The molecule has 4 rings (SSSR count). The van der Waals surface area contributed by atoms with Crippen molar-refractivity contribution in [2.75, 3.05) is 20.1 Å². The van der Waals surface area contributed by atoms with Crippen molar-refractivity contribution in [3.05, 3.63) is 71.4 Å². The lowest BCUT2D eigenvalue weighted by molar-refractivity contribution is 0.229. The molecule has 2 heterocycles. The lowest BCUT2D eigenvalue weighted by atomic mass is 9.94. The van der Waals surface area contributed by atoms with E-state index in [1.54, 1.807) is 0 Å². The second-order valence-electron chi connectivity index (χ2n) is 7.39. The summed E-state index contributed by atoms with van der Waals surface area (Å²) in [7, 11) is 2.04. The van der Waals surface area contributed by atoms with Gasteiger partial charge in [-0.1, -0.05) is 41.1 Å². The van der Waals surface area contributed by atoms with E-state index in [1.807, 2.05) is 50.4 Å². The summed E-state index contributed by atoms with van der Waals surface area (Å²) in [5.74, 6) is 1.33. The maximum atomic E-state index is 13.2. The quantitative estimate of drug-likeness (QED) is 0.684. The molecule has 0 saturated carbocycles. The molecule has 3 aromatic rings. The van der Waals surface area contributed by atoms with E-state index >= 15 is 0 Å². The van der Waals surface area contributed by atoms with Crippen LogP contribution in [0, 0.1) is 18.7 Å². The first-order valence-corrected chi connectivity index (χ1v) is 9.40. The minimum absolute atomic E-state index is 0.133. The van der Waals surface area contributed by atoms with E-state index in [2.05, 4.69) is 25.9 Å². The first-order chi connectivity index (χ1) is 13.6. The van der Waals surface area contributed by atoms with Gasteiger partial charge < -0.3 is 4.52 Å². The molecule has 0 spiro atoms. The molecular formula is C21H24FN5O. The van der Waals surface area contributed by atoms with E-state index in [1.165, 1.54) is 12.1 Å². The van der Waals surface area contributed by atoms with Gasteiger partial charge in [0.1, 0.15) is 5.82 Å². The summed E-state index contributed by atoms with van der Waals surface area (Å²) < 4.78 is 18.6. The van der Waals surface area contributed by atoms with Gasteiger partial charge in [-0.2, -0.15) is 4.98 Å². The zero-order chi connectivity index (χ0) is 19.5. The summed E-state index contributed by atoms with van der Waals surface area (Å²) in [6.45, 7) is 4.29. The van der Waals surface area contributed by atoms with Crippen LogP contribution < -0.4 is 10.9 Å². The summed E-state index contributed by atoms with van der Waals surface area (Å²) in [6.07, 6.45) is 0. The van der Waals surface area contributed by atoms with Crippen LogP contribution in [0.4, 0.5) is 4.39 Å². The highest BCUT2D eigenvalue weighted by Crippen LogP contribution is 2.26. The monoisotopic (exact) mass is 381 g/mol. The first kappa shape index (κ1) is 18.7. The Bertz CT molecular complexity index is 927. The molecule has 28 heavy (non-hydrogen) atoms. The Morgan fingerprint density at radius 2 is 2.04 bits per heavy atom. The van der Waals surface area contributed by atoms with Gasteiger partial charge >= 0.3 is 0 Å². The molecule has 0 amide bonds. The van der Waals surface area contributed by atoms with Gasteiger partial charge in [-0.15, -0.1) is 0 Å². The molecule has 1 saturated heterocycles. The first-order valence-electron chi connectivity index (χ1n) is 9.40. The van der Waals surface area contributed by atoms with Crippen LogP contribution in [0.3, 0.4) is 0 Å². The number of nitrogens with zero attached hydrogens (tertiary/aromatic N) is 3. The predicted molar refractivity (Wildman–Crippen MR) is 105 cm³/mol. The average Bonchev–Trinajstić information content (AvgIpc) is 3.32. The van der Waals surface area contributed by atoms with Crippen molar-refractivity contribution in [1.82, 2.24) is 25.9 Å². The fourth-order valence-electron chi connectivity index (χ4n) is 3.65. The summed E-state index contributed by atoms with van der Waals surface area (Å²) in [4.78, 5) is 6.70. The summed E-state index contributed by atoms with van der Waals surface area (Å²) in [6, 6.07) is 14.9. The zero-order valence-corrected chi connectivity index (χ0v) is 16.0. The smallest absolute Gasteiger partial charge is 0.241 e. The normalized spacial score (nSPS) is 19.4. The Labute approximate surface area is 163 Å². The minimum Gasteiger partial charge on any atom is -0.338 e. The Morgan fingerprint density at radius 1 is 1.21 bits per heavy atom. The maximum Gasteiger partial charge on any atom is 0.241 e. The van der Waals surface area contributed by atoms with Crippen LogP contribution in [0.2, 0.25) is 0 Å². The van der Waals surface area contributed by atoms with Gasteiger partial charge in [0.25, 0.3) is 0 Å². The van der Waals surface area contributed by atoms with Crippen LogP contribution in [0.15, 0.2) is 53.1 Å². The molecule has 1 aromatic heterocycles. The number of rotatable bonds is 6. The zero-order valence-electron chi connectivity index (χ0n) is 16.0. The van der Waals surface area contributed by atoms with Gasteiger partial charge in [-0.3, -0.25) is 10.3 Å². The van der Waals surface area contributed by atoms with Gasteiger partial charge in [0, 0.05) is 24.6 Å². The highest BCUT2D eigenvalue weighted by Gasteiger charge is 2.29. The third kappa shape index (κ3) is 4.27. The number of hydrogen-bond acceptors (Lipinski definition) is 6. The average molecular weight is 381 g/mol. The molecule has 2 N–H and O–H groups in total. The lowest BCUT2D eigenvalue weighted by Gasteiger charge is -2.23. The minimum atomic E-state index is -0.218. The van der Waals surface area contributed by atoms with Crippen LogP contribution in [-0.4, -0.2) is 35.2 Å². The molecule has 2 aromatic carbocycles. The number of benzene rings is 2. The largest absolute Gasteiger partial charge is 0.338 e. The second-order valence-corrected chi connectivity index (χ2v) is 7.39. The predicted octanol–water partition coefficient (Wildman–Crippen LogP) is 3.08. The number of nitrogens with one attached hydrogen (secondary N) is 2. The summed E-state index contributed by atoms with van der Waals surface area (Å²) in [5.41, 5.74) is 9.70. The third-order valence-electron chi connectivity index (χ3n) is 5.02. The molecule has 0 aliphatic carbocycles. The van der Waals surface area contributed by atoms with Crippen molar-refractivity contribution in [1.29, 1.82) is 0 Å². The fourth-order valence-corrected chi connectivity index (χ4v) is 3.65. The van der Waals surface area contributed by atoms with Crippen molar-refractivity contribution in [2.24, 2.45) is 5.92 Å². The standard InChI is InChI=1S/C21H24FN5O/c1-14-4-3-5-16(10-14)21-24-19(28-26-21)13-27(2)12-17-11-23-25-20(17)15-6-8-18(22)9-7-15/h3-10,17,20,23,25H,11-13H2,1-2H3. The Morgan fingerprint density at radius 3 is 2.82 bits per heavy atom. The van der Waals surface area contributed by atoms with Gasteiger partial charge in [0.05, 0.1) is 12.6 Å². The molecule has 1 fully saturated rings. The Kier molecular flexibility index (Phi) is 5.47. The number of hydrogen-bond donors (Lipinski definition) is 2. The van der Waals surface area contributed by atoms with Crippen LogP contribution in [0.5, 0.6) is 0 Å². The Balaban J connectivity index is 1.39. The topological polar surface area (TPSA) is 66.2 Å². The van der Waals surface area contributed by atoms with E-state index in [-0.39, 0.29) is 11.9 Å². The third-order valence-corrected chi connectivity index (χ3v) is 5.02. The molecule has 2 unspecified atom stereocenters. The van der Waals surface area contributed by atoms with Gasteiger partial charge in [-0.05, 0) is 37.7 Å². The van der Waals surface area contributed by atoms with E-state index < -0.39 is 0 Å². The molecule has 6 nitrogen and oxygen atoms in total. The molecule has 0 radical (unpaired) electrons. The Hall–Kier alpha value is -2.61. The second kappa shape index (κ2) is 8.18. The van der Waals surface area contributed by atoms with E-state index in [9.17, 15) is 4.39 Å². The number of aryl methyl sites for hydroxylation is 1. The molecule has 0 bridgehead atoms. The summed E-state index contributed by atoms with van der Waals surface area (Å²) >= 11 is 0. The van der Waals surface area contributed by atoms with E-state index in [0.29, 0.717) is 24.2 Å². The van der Waals surface area contributed by atoms with E-state index in [4.69, 9.17) is 4.52 Å². The molecule has 2 atom stereocenters. The van der Waals surface area contributed by atoms with Gasteiger partial charge in [-0.25, -0.2) is 9.82 Å². The molecule has 7 heteroatoms. The van der Waals surface area contributed by atoms with E-state index in [0.717, 1.165) is 29.8 Å².